The number of benzene rings is 1. The Kier molecular flexibility index (Phi) is 3.32. The van der Waals surface area contributed by atoms with E-state index in [4.69, 9.17) is 26.3 Å². The van der Waals surface area contributed by atoms with Gasteiger partial charge >= 0.3 is 0 Å². The van der Waals surface area contributed by atoms with E-state index in [-0.39, 0.29) is 11.9 Å². The summed E-state index contributed by atoms with van der Waals surface area (Å²) in [5.74, 6) is 2.02. The SMILES string of the molecule is N#Cc1cc(Cl)nc(NCc2cccc3c2OCO3)c1. The van der Waals surface area contributed by atoms with E-state index in [9.17, 15) is 0 Å². The van der Waals surface area contributed by atoms with E-state index in [1.807, 2.05) is 24.3 Å². The van der Waals surface area contributed by atoms with Gasteiger partial charge in [-0.3, -0.25) is 0 Å². The minimum atomic E-state index is 0.236. The molecule has 1 aliphatic rings. The summed E-state index contributed by atoms with van der Waals surface area (Å²) in [5, 5.41) is 12.3. The third-order valence-electron chi connectivity index (χ3n) is 2.86. The molecule has 0 spiro atoms. The first kappa shape index (κ1) is 12.6. The van der Waals surface area contributed by atoms with Crippen LogP contribution in [0.3, 0.4) is 0 Å². The second kappa shape index (κ2) is 5.27. The van der Waals surface area contributed by atoms with Crippen molar-refractivity contribution in [1.29, 1.82) is 5.26 Å². The minimum Gasteiger partial charge on any atom is -0.454 e. The number of para-hydroxylation sites is 1. The third-order valence-corrected chi connectivity index (χ3v) is 3.05. The summed E-state index contributed by atoms with van der Waals surface area (Å²) in [6, 6.07) is 10.9. The zero-order chi connectivity index (χ0) is 13.9. The highest BCUT2D eigenvalue weighted by Gasteiger charge is 2.16. The average Bonchev–Trinajstić information content (AvgIpc) is 2.93. The number of aromatic nitrogens is 1. The van der Waals surface area contributed by atoms with Crippen molar-refractivity contribution >= 4 is 17.4 Å². The van der Waals surface area contributed by atoms with Gasteiger partial charge in [0, 0.05) is 12.1 Å². The van der Waals surface area contributed by atoms with Crippen LogP contribution < -0.4 is 14.8 Å². The highest BCUT2D eigenvalue weighted by atomic mass is 35.5. The second-order valence-corrected chi connectivity index (χ2v) is 4.57. The summed E-state index contributed by atoms with van der Waals surface area (Å²) >= 11 is 5.86. The van der Waals surface area contributed by atoms with Crippen LogP contribution in [0.4, 0.5) is 5.82 Å². The molecule has 2 heterocycles. The van der Waals surface area contributed by atoms with Gasteiger partial charge in [-0.1, -0.05) is 23.7 Å². The van der Waals surface area contributed by atoms with Gasteiger partial charge in [0.15, 0.2) is 11.5 Å². The molecule has 1 N–H and O–H groups in total. The topological polar surface area (TPSA) is 67.2 Å². The quantitative estimate of drug-likeness (QED) is 0.879. The van der Waals surface area contributed by atoms with Crippen LogP contribution in [0.25, 0.3) is 0 Å². The maximum atomic E-state index is 8.90. The second-order valence-electron chi connectivity index (χ2n) is 4.18. The number of fused-ring (bicyclic) bond motifs is 1. The molecule has 100 valence electrons. The fraction of sp³-hybridized carbons (Fsp3) is 0.143. The number of hydrogen-bond acceptors (Lipinski definition) is 5. The zero-order valence-electron chi connectivity index (χ0n) is 10.4. The van der Waals surface area contributed by atoms with Crippen molar-refractivity contribution in [2.75, 3.05) is 12.1 Å². The van der Waals surface area contributed by atoms with Crippen molar-refractivity contribution in [2.45, 2.75) is 6.54 Å². The lowest BCUT2D eigenvalue weighted by Crippen LogP contribution is -2.03. The number of halogens is 1. The first-order chi connectivity index (χ1) is 9.76. The molecule has 0 saturated carbocycles. The highest BCUT2D eigenvalue weighted by molar-refractivity contribution is 6.29. The molecule has 20 heavy (non-hydrogen) atoms. The molecule has 0 radical (unpaired) electrons. The largest absolute Gasteiger partial charge is 0.454 e. The molecule has 1 aromatic carbocycles. The van der Waals surface area contributed by atoms with Gasteiger partial charge in [0.05, 0.1) is 11.6 Å². The number of ether oxygens (including phenoxy) is 2. The van der Waals surface area contributed by atoms with Crippen LogP contribution >= 0.6 is 11.6 Å². The minimum absolute atomic E-state index is 0.236. The Labute approximate surface area is 120 Å². The summed E-state index contributed by atoms with van der Waals surface area (Å²) in [6.45, 7) is 0.741. The third kappa shape index (κ3) is 2.46. The molecule has 1 aromatic heterocycles. The number of rotatable bonds is 3. The number of nitriles is 1. The van der Waals surface area contributed by atoms with Crippen LogP contribution in [0.1, 0.15) is 11.1 Å². The molecule has 6 heteroatoms. The van der Waals surface area contributed by atoms with Crippen molar-refractivity contribution in [3.8, 4) is 17.6 Å². The summed E-state index contributed by atoms with van der Waals surface area (Å²) in [5.41, 5.74) is 1.42. The van der Waals surface area contributed by atoms with E-state index in [0.29, 0.717) is 17.9 Å². The maximum Gasteiger partial charge on any atom is 0.231 e. The van der Waals surface area contributed by atoms with Crippen molar-refractivity contribution in [3.05, 3.63) is 46.6 Å². The number of pyridine rings is 1. The molecule has 0 aliphatic carbocycles. The molecule has 5 nitrogen and oxygen atoms in total. The molecule has 0 atom stereocenters. The van der Waals surface area contributed by atoms with E-state index < -0.39 is 0 Å². The molecular weight excluding hydrogens is 278 g/mol. The van der Waals surface area contributed by atoms with Crippen LogP contribution in [0.15, 0.2) is 30.3 Å². The fourth-order valence-corrected chi connectivity index (χ4v) is 2.18. The summed E-state index contributed by atoms with van der Waals surface area (Å²) in [7, 11) is 0. The Hall–Kier alpha value is -2.45. The molecule has 0 saturated heterocycles. The Morgan fingerprint density at radius 3 is 3.10 bits per heavy atom. The number of nitrogens with one attached hydrogen (secondary N) is 1. The van der Waals surface area contributed by atoms with E-state index in [0.717, 1.165) is 17.1 Å². The monoisotopic (exact) mass is 287 g/mol. The number of hydrogen-bond donors (Lipinski definition) is 1. The van der Waals surface area contributed by atoms with Crippen LogP contribution in [-0.4, -0.2) is 11.8 Å². The molecule has 0 amide bonds. The van der Waals surface area contributed by atoms with E-state index in [1.165, 1.54) is 6.07 Å². The standard InChI is InChI=1S/C14H10ClN3O2/c15-12-4-9(6-16)5-13(18-12)17-7-10-2-1-3-11-14(10)20-8-19-11/h1-5H,7-8H2,(H,17,18). The Balaban J connectivity index is 1.79. The number of anilines is 1. The van der Waals surface area contributed by atoms with Gasteiger partial charge in [0.1, 0.15) is 11.0 Å². The predicted octanol–water partition coefficient (Wildman–Crippen LogP) is 2.95. The molecule has 1 aliphatic heterocycles. The van der Waals surface area contributed by atoms with E-state index in [2.05, 4.69) is 10.3 Å². The lowest BCUT2D eigenvalue weighted by atomic mass is 10.2. The predicted molar refractivity (Wildman–Crippen MR) is 73.9 cm³/mol. The van der Waals surface area contributed by atoms with Crippen LogP contribution in [0.5, 0.6) is 11.5 Å². The molecule has 3 rings (SSSR count). The van der Waals surface area contributed by atoms with Gasteiger partial charge in [0.2, 0.25) is 6.79 Å². The van der Waals surface area contributed by atoms with Crippen LogP contribution in [0.2, 0.25) is 5.15 Å². The zero-order valence-corrected chi connectivity index (χ0v) is 11.1. The van der Waals surface area contributed by atoms with Gasteiger partial charge < -0.3 is 14.8 Å². The van der Waals surface area contributed by atoms with Crippen molar-refractivity contribution in [1.82, 2.24) is 4.98 Å². The van der Waals surface area contributed by atoms with Crippen molar-refractivity contribution in [2.24, 2.45) is 0 Å². The molecule has 0 fully saturated rings. The maximum absolute atomic E-state index is 8.90. The van der Waals surface area contributed by atoms with Gasteiger partial charge in [0.25, 0.3) is 0 Å². The van der Waals surface area contributed by atoms with Gasteiger partial charge in [-0.2, -0.15) is 5.26 Å². The molecule has 2 aromatic rings. The van der Waals surface area contributed by atoms with Gasteiger partial charge in [-0.15, -0.1) is 0 Å². The van der Waals surface area contributed by atoms with Gasteiger partial charge in [-0.05, 0) is 18.2 Å². The van der Waals surface area contributed by atoms with Crippen LogP contribution in [-0.2, 0) is 6.54 Å². The Bertz CT molecular complexity index is 697. The van der Waals surface area contributed by atoms with E-state index >= 15 is 0 Å². The smallest absolute Gasteiger partial charge is 0.231 e. The molecule has 0 bridgehead atoms. The van der Waals surface area contributed by atoms with Crippen molar-refractivity contribution in [3.63, 3.8) is 0 Å². The summed E-state index contributed by atoms with van der Waals surface area (Å²) in [6.07, 6.45) is 0. The lowest BCUT2D eigenvalue weighted by molar-refractivity contribution is 0.173. The van der Waals surface area contributed by atoms with E-state index in [1.54, 1.807) is 6.07 Å². The number of nitrogens with zero attached hydrogens (tertiary/aromatic N) is 2. The normalized spacial score (nSPS) is 12.0. The lowest BCUT2D eigenvalue weighted by Gasteiger charge is -2.08. The first-order valence-electron chi connectivity index (χ1n) is 5.95. The highest BCUT2D eigenvalue weighted by Crippen LogP contribution is 2.35. The van der Waals surface area contributed by atoms with Crippen LogP contribution in [0, 0.1) is 11.3 Å². The average molecular weight is 288 g/mol. The first-order valence-corrected chi connectivity index (χ1v) is 6.33. The summed E-state index contributed by atoms with van der Waals surface area (Å²) in [4.78, 5) is 4.12. The Morgan fingerprint density at radius 2 is 2.25 bits per heavy atom. The molecule has 0 unspecified atom stereocenters. The Morgan fingerprint density at radius 1 is 1.35 bits per heavy atom. The summed E-state index contributed by atoms with van der Waals surface area (Å²) < 4.78 is 10.7. The fourth-order valence-electron chi connectivity index (χ4n) is 1.97. The van der Waals surface area contributed by atoms with Gasteiger partial charge in [-0.25, -0.2) is 4.98 Å². The molecular formula is C14H10ClN3O2. The van der Waals surface area contributed by atoms with Crippen molar-refractivity contribution < 1.29 is 9.47 Å².